The summed E-state index contributed by atoms with van der Waals surface area (Å²) in [6.07, 6.45) is 5.70. The smallest absolute Gasteiger partial charge is 0.281 e. The van der Waals surface area contributed by atoms with Gasteiger partial charge < -0.3 is 5.32 Å². The van der Waals surface area contributed by atoms with Crippen LogP contribution >= 0.6 is 0 Å². The predicted octanol–water partition coefficient (Wildman–Crippen LogP) is 3.38. The molecule has 2 aromatic rings. The standard InChI is InChI=1S/C23H21N3O2/c1-16-10-12-18(13-11-16)15-23(25-21(27)19-8-4-3-5-9-19)22(28)26-14-6-7-17(2)20(26)24-23/h3-14H,15H2,1-2H3,(H,25,27). The first-order valence-electron chi connectivity index (χ1n) is 9.21. The second-order valence-corrected chi connectivity index (χ2v) is 7.14. The van der Waals surface area contributed by atoms with E-state index in [1.807, 2.05) is 56.3 Å². The summed E-state index contributed by atoms with van der Waals surface area (Å²) in [7, 11) is 0. The van der Waals surface area contributed by atoms with Crippen LogP contribution in [0.1, 0.15) is 28.4 Å². The van der Waals surface area contributed by atoms with Crippen molar-refractivity contribution in [1.82, 2.24) is 10.2 Å². The molecule has 0 aromatic heterocycles. The molecule has 1 N–H and O–H groups in total. The van der Waals surface area contributed by atoms with Crippen LogP contribution in [0.2, 0.25) is 0 Å². The minimum absolute atomic E-state index is 0.254. The molecule has 0 radical (unpaired) electrons. The number of hydrogen-bond donors (Lipinski definition) is 1. The summed E-state index contributed by atoms with van der Waals surface area (Å²) in [5.41, 5.74) is 2.07. The van der Waals surface area contributed by atoms with Crippen LogP contribution in [-0.4, -0.2) is 28.2 Å². The van der Waals surface area contributed by atoms with Gasteiger partial charge in [0.25, 0.3) is 11.8 Å². The van der Waals surface area contributed by atoms with E-state index in [0.29, 0.717) is 11.4 Å². The van der Waals surface area contributed by atoms with Crippen molar-refractivity contribution in [2.75, 3.05) is 0 Å². The average molecular weight is 371 g/mol. The fraction of sp³-hybridized carbons (Fsp3) is 0.174. The van der Waals surface area contributed by atoms with Gasteiger partial charge in [0.1, 0.15) is 5.84 Å². The molecule has 0 spiro atoms. The Balaban J connectivity index is 1.74. The van der Waals surface area contributed by atoms with Crippen LogP contribution in [0.15, 0.2) is 83.5 Å². The van der Waals surface area contributed by atoms with Crippen molar-refractivity contribution >= 4 is 17.6 Å². The Morgan fingerprint density at radius 1 is 1.07 bits per heavy atom. The summed E-state index contributed by atoms with van der Waals surface area (Å²) in [5.74, 6) is -0.0000923. The molecule has 2 aromatic carbocycles. The molecule has 0 saturated carbocycles. The number of carbonyl (C=O) groups excluding carboxylic acids is 2. The minimum Gasteiger partial charge on any atom is -0.320 e. The number of amidine groups is 1. The Labute approximate surface area is 164 Å². The lowest BCUT2D eigenvalue weighted by Gasteiger charge is -2.27. The topological polar surface area (TPSA) is 61.8 Å². The second kappa shape index (κ2) is 6.93. The zero-order valence-electron chi connectivity index (χ0n) is 15.8. The maximum Gasteiger partial charge on any atom is 0.281 e. The van der Waals surface area contributed by atoms with Crippen LogP contribution in [-0.2, 0) is 11.2 Å². The molecule has 0 aliphatic carbocycles. The van der Waals surface area contributed by atoms with E-state index in [-0.39, 0.29) is 18.2 Å². The number of aryl methyl sites for hydroxylation is 1. The number of benzene rings is 2. The lowest BCUT2D eigenvalue weighted by Crippen LogP contribution is -2.55. The maximum absolute atomic E-state index is 13.4. The van der Waals surface area contributed by atoms with Crippen molar-refractivity contribution in [3.63, 3.8) is 0 Å². The Kier molecular flexibility index (Phi) is 4.43. The number of allylic oxidation sites excluding steroid dienone is 2. The van der Waals surface area contributed by atoms with Gasteiger partial charge in [-0.1, -0.05) is 54.1 Å². The van der Waals surface area contributed by atoms with Crippen LogP contribution in [0.25, 0.3) is 0 Å². The summed E-state index contributed by atoms with van der Waals surface area (Å²) in [6, 6.07) is 16.8. The van der Waals surface area contributed by atoms with Gasteiger partial charge in [-0.2, -0.15) is 0 Å². The van der Waals surface area contributed by atoms with Gasteiger partial charge in [0.05, 0.1) is 0 Å². The quantitative estimate of drug-likeness (QED) is 0.896. The largest absolute Gasteiger partial charge is 0.320 e. The molecule has 0 bridgehead atoms. The van der Waals surface area contributed by atoms with Crippen molar-refractivity contribution in [3.05, 3.63) is 95.2 Å². The van der Waals surface area contributed by atoms with Gasteiger partial charge in [-0.15, -0.1) is 0 Å². The normalized spacial score (nSPS) is 20.5. The first kappa shape index (κ1) is 17.9. The van der Waals surface area contributed by atoms with Crippen molar-refractivity contribution in [1.29, 1.82) is 0 Å². The molecule has 5 heteroatoms. The van der Waals surface area contributed by atoms with Crippen molar-refractivity contribution in [3.8, 4) is 0 Å². The van der Waals surface area contributed by atoms with Crippen LogP contribution in [0.3, 0.4) is 0 Å². The van der Waals surface area contributed by atoms with Gasteiger partial charge in [0.15, 0.2) is 0 Å². The number of aliphatic imine (C=N–C) groups is 1. The van der Waals surface area contributed by atoms with E-state index in [1.54, 1.807) is 30.5 Å². The molecule has 2 amide bonds. The minimum atomic E-state index is -1.37. The highest BCUT2D eigenvalue weighted by atomic mass is 16.2. The van der Waals surface area contributed by atoms with E-state index in [0.717, 1.165) is 16.7 Å². The number of carbonyl (C=O) groups is 2. The Morgan fingerprint density at radius 3 is 2.46 bits per heavy atom. The number of nitrogens with one attached hydrogen (secondary N) is 1. The van der Waals surface area contributed by atoms with Gasteiger partial charge in [0, 0.05) is 18.2 Å². The fourth-order valence-electron chi connectivity index (χ4n) is 3.43. The monoisotopic (exact) mass is 371 g/mol. The average Bonchev–Trinajstić information content (AvgIpc) is 2.98. The second-order valence-electron chi connectivity index (χ2n) is 7.14. The van der Waals surface area contributed by atoms with Crippen LogP contribution in [0.4, 0.5) is 0 Å². The summed E-state index contributed by atoms with van der Waals surface area (Å²) < 4.78 is 0. The molecule has 0 saturated heterocycles. The first-order valence-corrected chi connectivity index (χ1v) is 9.21. The lowest BCUT2D eigenvalue weighted by atomic mass is 9.98. The third kappa shape index (κ3) is 3.16. The zero-order chi connectivity index (χ0) is 19.7. The Bertz CT molecular complexity index is 1020. The maximum atomic E-state index is 13.4. The van der Waals surface area contributed by atoms with E-state index in [2.05, 4.69) is 5.32 Å². The van der Waals surface area contributed by atoms with Crippen LogP contribution in [0.5, 0.6) is 0 Å². The molecule has 2 aliphatic heterocycles. The molecular weight excluding hydrogens is 350 g/mol. The molecule has 1 atom stereocenters. The highest BCUT2D eigenvalue weighted by Crippen LogP contribution is 2.30. The SMILES string of the molecule is CC1=CC=CN2C(=O)C(Cc3ccc(C)cc3)(NC(=O)c3ccccc3)N=C12. The number of hydrogen-bond acceptors (Lipinski definition) is 3. The fourth-order valence-corrected chi connectivity index (χ4v) is 3.43. The molecule has 1 unspecified atom stereocenters. The van der Waals surface area contributed by atoms with Crippen LogP contribution in [0, 0.1) is 6.92 Å². The third-order valence-corrected chi connectivity index (χ3v) is 4.97. The van der Waals surface area contributed by atoms with Crippen molar-refractivity contribution in [2.24, 2.45) is 4.99 Å². The van der Waals surface area contributed by atoms with E-state index in [4.69, 9.17) is 4.99 Å². The number of nitrogens with zero attached hydrogens (tertiary/aromatic N) is 2. The first-order chi connectivity index (χ1) is 13.5. The molecule has 2 heterocycles. The molecule has 4 rings (SSSR count). The molecule has 140 valence electrons. The summed E-state index contributed by atoms with van der Waals surface area (Å²) in [6.45, 7) is 3.92. The van der Waals surface area contributed by atoms with Crippen molar-refractivity contribution in [2.45, 2.75) is 25.9 Å². The third-order valence-electron chi connectivity index (χ3n) is 4.97. The van der Waals surface area contributed by atoms with E-state index in [9.17, 15) is 9.59 Å². The zero-order valence-corrected chi connectivity index (χ0v) is 15.8. The Morgan fingerprint density at radius 2 is 1.79 bits per heavy atom. The van der Waals surface area contributed by atoms with Gasteiger partial charge in [-0.25, -0.2) is 4.99 Å². The Hall–Kier alpha value is -3.47. The van der Waals surface area contributed by atoms with Crippen molar-refractivity contribution < 1.29 is 9.59 Å². The summed E-state index contributed by atoms with van der Waals surface area (Å²) in [5, 5.41) is 2.92. The molecule has 2 aliphatic rings. The molecule has 5 nitrogen and oxygen atoms in total. The predicted molar refractivity (Wildman–Crippen MR) is 109 cm³/mol. The summed E-state index contributed by atoms with van der Waals surface area (Å²) in [4.78, 5) is 32.5. The number of amides is 2. The number of fused-ring (bicyclic) bond motifs is 1. The van der Waals surface area contributed by atoms with Crippen LogP contribution < -0.4 is 5.32 Å². The highest BCUT2D eigenvalue weighted by Gasteiger charge is 2.49. The van der Waals surface area contributed by atoms with Gasteiger partial charge in [-0.05, 0) is 43.2 Å². The van der Waals surface area contributed by atoms with E-state index >= 15 is 0 Å². The highest BCUT2D eigenvalue weighted by molar-refractivity contribution is 6.17. The molecule has 28 heavy (non-hydrogen) atoms. The van der Waals surface area contributed by atoms with E-state index in [1.165, 1.54) is 4.90 Å². The number of rotatable bonds is 4. The molecular formula is C23H21N3O2. The van der Waals surface area contributed by atoms with Gasteiger partial charge in [-0.3, -0.25) is 14.5 Å². The lowest BCUT2D eigenvalue weighted by molar-refractivity contribution is -0.130. The summed E-state index contributed by atoms with van der Waals surface area (Å²) >= 11 is 0. The van der Waals surface area contributed by atoms with Gasteiger partial charge in [0.2, 0.25) is 5.66 Å². The van der Waals surface area contributed by atoms with E-state index < -0.39 is 5.66 Å². The van der Waals surface area contributed by atoms with Gasteiger partial charge >= 0.3 is 0 Å². The molecule has 0 fully saturated rings.